The molecule has 2 atom stereocenters. The first-order valence-electron chi connectivity index (χ1n) is 16.4. The zero-order valence-corrected chi connectivity index (χ0v) is 26.4. The van der Waals surface area contributed by atoms with Crippen molar-refractivity contribution >= 4 is 11.9 Å². The van der Waals surface area contributed by atoms with Crippen molar-refractivity contribution in [2.45, 2.75) is 85.0 Å². The van der Waals surface area contributed by atoms with Gasteiger partial charge in [0.1, 0.15) is 0 Å². The molecule has 3 heterocycles. The molecule has 2 aromatic heterocycles. The molecular weight excluding hydrogens is 530 g/mol. The number of carbonyl (C=O) groups is 1. The third kappa shape index (κ3) is 6.93. The lowest BCUT2D eigenvalue weighted by atomic mass is 9.71. The summed E-state index contributed by atoms with van der Waals surface area (Å²) < 4.78 is 0. The van der Waals surface area contributed by atoms with E-state index < -0.39 is 0 Å². The maximum Gasteiger partial charge on any atom is 0.247 e. The van der Waals surface area contributed by atoms with Gasteiger partial charge in [0.2, 0.25) is 5.56 Å². The lowest BCUT2D eigenvalue weighted by Crippen LogP contribution is -2.34. The number of pyridine rings is 2. The molecule has 1 aromatic carbocycles. The van der Waals surface area contributed by atoms with Crippen molar-refractivity contribution in [3.63, 3.8) is 0 Å². The largest absolute Gasteiger partial charge is 0.328 e. The minimum Gasteiger partial charge on any atom is -0.328 e. The van der Waals surface area contributed by atoms with Crippen LogP contribution in [0.5, 0.6) is 0 Å². The van der Waals surface area contributed by atoms with E-state index >= 15 is 0 Å². The molecule has 226 valence electrons. The van der Waals surface area contributed by atoms with Crippen LogP contribution in [0.3, 0.4) is 0 Å². The number of Topliss-reactive ketones (excluding diaryl/α,β-unsaturated/α-hetero) is 1. The SMILES string of the molecule is CC1CCN(CC[C@@H](CC(=O)C2=Cc3cc4c(nc3C2)CC[C@H](C(C)(C)C)C4)c2ccc(-c3ccc(=O)[nH]c3)cc2)CC1. The van der Waals surface area contributed by atoms with Gasteiger partial charge >= 0.3 is 0 Å². The van der Waals surface area contributed by atoms with Crippen molar-refractivity contribution in [2.24, 2.45) is 17.3 Å². The number of aromatic amines is 1. The van der Waals surface area contributed by atoms with E-state index in [-0.39, 0.29) is 17.3 Å². The maximum atomic E-state index is 13.9. The van der Waals surface area contributed by atoms with Crippen LogP contribution in [0.4, 0.5) is 0 Å². The second-order valence-corrected chi connectivity index (χ2v) is 14.5. The lowest BCUT2D eigenvalue weighted by molar-refractivity contribution is -0.116. The predicted octanol–water partition coefficient (Wildman–Crippen LogP) is 7.39. The van der Waals surface area contributed by atoms with E-state index in [9.17, 15) is 9.59 Å². The molecule has 0 unspecified atom stereocenters. The van der Waals surface area contributed by atoms with Gasteiger partial charge in [0.15, 0.2) is 5.78 Å². The molecule has 2 aliphatic carbocycles. The third-order valence-corrected chi connectivity index (χ3v) is 10.4. The zero-order valence-electron chi connectivity index (χ0n) is 26.4. The highest BCUT2D eigenvalue weighted by atomic mass is 16.1. The van der Waals surface area contributed by atoms with Gasteiger partial charge in [-0.25, -0.2) is 0 Å². The Morgan fingerprint density at radius 2 is 1.77 bits per heavy atom. The van der Waals surface area contributed by atoms with Gasteiger partial charge in [-0.05, 0) is 127 Å². The molecule has 1 saturated heterocycles. The van der Waals surface area contributed by atoms with Crippen molar-refractivity contribution in [3.05, 3.63) is 92.7 Å². The van der Waals surface area contributed by atoms with E-state index in [2.05, 4.69) is 74.0 Å². The number of aryl methyl sites for hydroxylation is 1. The van der Waals surface area contributed by atoms with Gasteiger partial charge in [-0.15, -0.1) is 0 Å². The van der Waals surface area contributed by atoms with Gasteiger partial charge in [0.05, 0.1) is 5.69 Å². The number of nitrogens with one attached hydrogen (secondary N) is 1. The highest BCUT2D eigenvalue weighted by Gasteiger charge is 2.31. The Balaban J connectivity index is 1.18. The highest BCUT2D eigenvalue weighted by Crippen LogP contribution is 2.39. The number of fused-ring (bicyclic) bond motifs is 2. The van der Waals surface area contributed by atoms with Crippen LogP contribution >= 0.6 is 0 Å². The first-order chi connectivity index (χ1) is 20.6. The van der Waals surface area contributed by atoms with Crippen LogP contribution in [0.2, 0.25) is 0 Å². The summed E-state index contributed by atoms with van der Waals surface area (Å²) in [6.45, 7) is 12.7. The number of benzene rings is 1. The molecule has 1 N–H and O–H groups in total. The summed E-state index contributed by atoms with van der Waals surface area (Å²) in [5, 5.41) is 0. The predicted molar refractivity (Wildman–Crippen MR) is 175 cm³/mol. The Kier molecular flexibility index (Phi) is 8.55. The summed E-state index contributed by atoms with van der Waals surface area (Å²) in [4.78, 5) is 35.8. The number of ketones is 1. The maximum absolute atomic E-state index is 13.9. The van der Waals surface area contributed by atoms with E-state index in [0.717, 1.165) is 72.8 Å². The first kappa shape index (κ1) is 29.7. The molecule has 5 nitrogen and oxygen atoms in total. The third-order valence-electron chi connectivity index (χ3n) is 10.4. The fourth-order valence-corrected chi connectivity index (χ4v) is 7.23. The number of hydrogen-bond acceptors (Lipinski definition) is 4. The number of piperidine rings is 1. The number of hydrogen-bond donors (Lipinski definition) is 1. The number of likely N-dealkylation sites (tertiary alicyclic amines) is 1. The van der Waals surface area contributed by atoms with Crippen LogP contribution in [0.1, 0.15) is 93.8 Å². The molecule has 0 radical (unpaired) electrons. The van der Waals surface area contributed by atoms with Crippen molar-refractivity contribution in [2.75, 3.05) is 19.6 Å². The summed E-state index contributed by atoms with van der Waals surface area (Å²) in [5.74, 6) is 1.90. The number of carbonyl (C=O) groups excluding carboxylic acids is 1. The van der Waals surface area contributed by atoms with Crippen molar-refractivity contribution < 1.29 is 4.79 Å². The van der Waals surface area contributed by atoms with Crippen LogP contribution in [0, 0.1) is 17.3 Å². The summed E-state index contributed by atoms with van der Waals surface area (Å²) in [7, 11) is 0. The summed E-state index contributed by atoms with van der Waals surface area (Å²) >= 11 is 0. The second-order valence-electron chi connectivity index (χ2n) is 14.5. The van der Waals surface area contributed by atoms with Crippen molar-refractivity contribution in [1.82, 2.24) is 14.9 Å². The molecule has 43 heavy (non-hydrogen) atoms. The highest BCUT2D eigenvalue weighted by molar-refractivity contribution is 6.02. The van der Waals surface area contributed by atoms with Gasteiger partial charge in [0, 0.05) is 36.4 Å². The topological polar surface area (TPSA) is 66.1 Å². The molecule has 6 rings (SSSR count). The van der Waals surface area contributed by atoms with Crippen LogP contribution in [0.15, 0.2) is 59.0 Å². The van der Waals surface area contributed by atoms with Crippen LogP contribution in [-0.4, -0.2) is 40.3 Å². The molecule has 3 aromatic rings. The lowest BCUT2D eigenvalue weighted by Gasteiger charge is -2.34. The number of rotatable bonds is 8. The van der Waals surface area contributed by atoms with Crippen molar-refractivity contribution in [3.8, 4) is 11.1 Å². The molecule has 0 spiro atoms. The standard InChI is InChI=1S/C38H47N3O2/c1-25-13-16-41(17-14-25)18-15-28(26-5-7-27(8-6-26)29-9-12-37(43)39-24-29)23-36(42)32-20-30-19-31-21-33(38(2,3)4)10-11-34(31)40-35(30)22-32/h5-9,12,19-20,24-25,28,33H,10-11,13-18,21-23H2,1-4H3,(H,39,43)/t28-,33-/m0/s1. The van der Waals surface area contributed by atoms with E-state index in [0.29, 0.717) is 24.2 Å². The quantitative estimate of drug-likeness (QED) is 0.303. The number of aromatic nitrogens is 2. The molecule has 5 heteroatoms. The summed E-state index contributed by atoms with van der Waals surface area (Å²) in [6, 6.07) is 14.3. The van der Waals surface area contributed by atoms with Crippen molar-refractivity contribution in [1.29, 1.82) is 0 Å². The molecule has 1 aliphatic heterocycles. The van der Waals surface area contributed by atoms with Crippen LogP contribution < -0.4 is 5.56 Å². The average molecular weight is 578 g/mol. The zero-order chi connectivity index (χ0) is 30.1. The fraction of sp³-hybridized carbons (Fsp3) is 0.500. The Labute approximate surface area is 256 Å². The minimum atomic E-state index is -0.0982. The molecule has 0 bridgehead atoms. The smallest absolute Gasteiger partial charge is 0.247 e. The average Bonchev–Trinajstić information content (AvgIpc) is 3.41. The number of allylic oxidation sites excluding steroid dienone is 1. The Morgan fingerprint density at radius 1 is 1.02 bits per heavy atom. The second kappa shape index (κ2) is 12.4. The first-order valence-corrected chi connectivity index (χ1v) is 16.4. The van der Waals surface area contributed by atoms with Gasteiger partial charge in [-0.1, -0.05) is 52.0 Å². The Morgan fingerprint density at radius 3 is 2.47 bits per heavy atom. The molecular formula is C38H47N3O2. The van der Waals surface area contributed by atoms with Crippen LogP contribution in [-0.2, 0) is 24.1 Å². The normalized spacial score (nSPS) is 19.9. The molecule has 0 amide bonds. The van der Waals surface area contributed by atoms with Gasteiger partial charge in [-0.3, -0.25) is 14.6 Å². The van der Waals surface area contributed by atoms with E-state index in [1.54, 1.807) is 12.3 Å². The fourth-order valence-electron chi connectivity index (χ4n) is 7.23. The van der Waals surface area contributed by atoms with Gasteiger partial charge in [-0.2, -0.15) is 0 Å². The molecule has 3 aliphatic rings. The van der Waals surface area contributed by atoms with E-state index in [4.69, 9.17) is 4.98 Å². The Bertz CT molecular complexity index is 1530. The van der Waals surface area contributed by atoms with Crippen LogP contribution in [0.25, 0.3) is 17.2 Å². The molecule has 1 fully saturated rings. The number of nitrogens with zero attached hydrogens (tertiary/aromatic N) is 2. The van der Waals surface area contributed by atoms with Gasteiger partial charge in [0.25, 0.3) is 0 Å². The molecule has 0 saturated carbocycles. The van der Waals surface area contributed by atoms with Gasteiger partial charge < -0.3 is 9.88 Å². The Hall–Kier alpha value is -3.31. The summed E-state index contributed by atoms with van der Waals surface area (Å²) in [5.41, 5.74) is 9.24. The minimum absolute atomic E-state index is 0.0982. The summed E-state index contributed by atoms with van der Waals surface area (Å²) in [6.07, 6.45) is 11.9. The van der Waals surface area contributed by atoms with E-state index in [1.165, 1.54) is 36.1 Å². The van der Waals surface area contributed by atoms with E-state index in [1.807, 2.05) is 6.07 Å². The monoisotopic (exact) mass is 577 g/mol. The number of H-pyrrole nitrogens is 1.